The van der Waals surface area contributed by atoms with E-state index in [4.69, 9.17) is 0 Å². The second kappa shape index (κ2) is 6.46. The number of sulfonamides is 1. The highest BCUT2D eigenvalue weighted by atomic mass is 32.2. The predicted octanol–water partition coefficient (Wildman–Crippen LogP) is -0.258. The van der Waals surface area contributed by atoms with Gasteiger partial charge in [0.25, 0.3) is 0 Å². The van der Waals surface area contributed by atoms with Gasteiger partial charge in [0.2, 0.25) is 15.9 Å². The third kappa shape index (κ3) is 4.10. The summed E-state index contributed by atoms with van der Waals surface area (Å²) in [5, 5.41) is 6.30. The first-order chi connectivity index (χ1) is 9.99. The van der Waals surface area contributed by atoms with Crippen LogP contribution in [0.5, 0.6) is 0 Å². The van der Waals surface area contributed by atoms with Gasteiger partial charge >= 0.3 is 0 Å². The van der Waals surface area contributed by atoms with Crippen molar-refractivity contribution in [1.29, 1.82) is 0 Å². The Morgan fingerprint density at radius 2 is 2.05 bits per heavy atom. The van der Waals surface area contributed by atoms with Gasteiger partial charge in [-0.15, -0.1) is 0 Å². The first-order valence-corrected chi connectivity index (χ1v) is 7.60. The molecule has 1 heterocycles. The number of benzene rings is 1. The molecular formula is C12H15N5O3S. The highest BCUT2D eigenvalue weighted by Gasteiger charge is 2.17. The molecule has 1 aromatic carbocycles. The second-order valence-corrected chi connectivity index (χ2v) is 6.09. The molecule has 2 N–H and O–H groups in total. The van der Waals surface area contributed by atoms with Crippen molar-refractivity contribution in [1.82, 2.24) is 24.8 Å². The lowest BCUT2D eigenvalue weighted by molar-refractivity contribution is -0.129. The maximum atomic E-state index is 12.0. The molecule has 0 saturated heterocycles. The molecule has 0 spiro atoms. The molecule has 9 heteroatoms. The Morgan fingerprint density at radius 3 is 2.67 bits per heavy atom. The Kier molecular flexibility index (Phi) is 4.66. The fraction of sp³-hybridized carbons (Fsp3) is 0.250. The predicted molar refractivity (Wildman–Crippen MR) is 74.5 cm³/mol. The monoisotopic (exact) mass is 309 g/mol. The van der Waals surface area contributed by atoms with Gasteiger partial charge in [-0.3, -0.25) is 9.89 Å². The largest absolute Gasteiger partial charge is 0.337 e. The number of carbonyl (C=O) groups excluding carboxylic acids is 1. The lowest BCUT2D eigenvalue weighted by atomic mass is 10.4. The van der Waals surface area contributed by atoms with E-state index in [1.807, 2.05) is 0 Å². The van der Waals surface area contributed by atoms with Gasteiger partial charge in [-0.25, -0.2) is 18.1 Å². The molecule has 0 radical (unpaired) electrons. The molecule has 2 aromatic rings. The molecule has 0 unspecified atom stereocenters. The number of rotatable bonds is 6. The van der Waals surface area contributed by atoms with Crippen molar-refractivity contribution in [3.8, 4) is 0 Å². The van der Waals surface area contributed by atoms with Gasteiger partial charge in [-0.05, 0) is 12.1 Å². The molecule has 0 saturated carbocycles. The van der Waals surface area contributed by atoms with Crippen LogP contribution >= 0.6 is 0 Å². The summed E-state index contributed by atoms with van der Waals surface area (Å²) in [6.45, 7) is -0.0895. The Balaban J connectivity index is 1.91. The van der Waals surface area contributed by atoms with Crippen molar-refractivity contribution in [2.24, 2.45) is 0 Å². The molecule has 1 aromatic heterocycles. The number of amides is 1. The average Bonchev–Trinajstić information content (AvgIpc) is 2.98. The van der Waals surface area contributed by atoms with Gasteiger partial charge in [-0.1, -0.05) is 18.2 Å². The van der Waals surface area contributed by atoms with Crippen molar-refractivity contribution >= 4 is 15.9 Å². The van der Waals surface area contributed by atoms with Crippen LogP contribution in [0.2, 0.25) is 0 Å². The van der Waals surface area contributed by atoms with E-state index in [0.717, 1.165) is 0 Å². The third-order valence-electron chi connectivity index (χ3n) is 2.74. The van der Waals surface area contributed by atoms with Crippen LogP contribution in [0.3, 0.4) is 0 Å². The van der Waals surface area contributed by atoms with Crippen LogP contribution in [-0.2, 0) is 21.4 Å². The van der Waals surface area contributed by atoms with Crippen molar-refractivity contribution in [2.75, 3.05) is 13.6 Å². The Hall–Kier alpha value is -2.26. The Bertz CT molecular complexity index is 685. The van der Waals surface area contributed by atoms with Crippen LogP contribution in [0, 0.1) is 0 Å². The standard InChI is InChI=1S/C12H15N5O3S/c1-17(8-11-13-9-14-16-11)12(18)7-15-21(19,20)10-5-3-2-4-6-10/h2-6,9,15H,7-8H2,1H3,(H,13,14,16). The lowest BCUT2D eigenvalue weighted by Crippen LogP contribution is -2.38. The minimum absolute atomic E-state index is 0.121. The summed E-state index contributed by atoms with van der Waals surface area (Å²) in [5.74, 6) is 0.155. The highest BCUT2D eigenvalue weighted by molar-refractivity contribution is 7.89. The van der Waals surface area contributed by atoms with Gasteiger partial charge in [0.15, 0.2) is 0 Å². The summed E-state index contributed by atoms with van der Waals surface area (Å²) in [6, 6.07) is 7.88. The van der Waals surface area contributed by atoms with E-state index >= 15 is 0 Å². The third-order valence-corrected chi connectivity index (χ3v) is 4.16. The van der Waals surface area contributed by atoms with E-state index in [2.05, 4.69) is 19.9 Å². The topological polar surface area (TPSA) is 108 Å². The number of hydrogen-bond acceptors (Lipinski definition) is 5. The maximum absolute atomic E-state index is 12.0. The van der Waals surface area contributed by atoms with Crippen LogP contribution in [0.1, 0.15) is 5.82 Å². The number of nitrogens with one attached hydrogen (secondary N) is 2. The molecule has 8 nitrogen and oxygen atoms in total. The number of likely N-dealkylation sites (N-methyl/N-ethyl adjacent to an activating group) is 1. The fourth-order valence-corrected chi connectivity index (χ4v) is 2.59. The molecule has 0 aliphatic heterocycles. The molecule has 0 atom stereocenters. The molecule has 21 heavy (non-hydrogen) atoms. The highest BCUT2D eigenvalue weighted by Crippen LogP contribution is 2.06. The fourth-order valence-electron chi connectivity index (χ4n) is 1.59. The SMILES string of the molecule is CN(Cc1ncn[nH]1)C(=O)CNS(=O)(=O)c1ccccc1. The van der Waals surface area contributed by atoms with Crippen molar-refractivity contribution < 1.29 is 13.2 Å². The summed E-state index contributed by atoms with van der Waals surface area (Å²) in [7, 11) is -2.13. The Morgan fingerprint density at radius 1 is 1.33 bits per heavy atom. The molecule has 0 fully saturated rings. The first kappa shape index (κ1) is 15.1. The lowest BCUT2D eigenvalue weighted by Gasteiger charge is -2.15. The van der Waals surface area contributed by atoms with E-state index < -0.39 is 10.0 Å². The minimum atomic E-state index is -3.68. The summed E-state index contributed by atoms with van der Waals surface area (Å²) < 4.78 is 26.2. The molecule has 2 rings (SSSR count). The summed E-state index contributed by atoms with van der Waals surface area (Å²) in [5.41, 5.74) is 0. The van der Waals surface area contributed by atoms with Crippen LogP contribution < -0.4 is 4.72 Å². The van der Waals surface area contributed by atoms with Crippen molar-refractivity contribution in [3.05, 3.63) is 42.5 Å². The van der Waals surface area contributed by atoms with Gasteiger partial charge in [-0.2, -0.15) is 5.10 Å². The van der Waals surface area contributed by atoms with Crippen LogP contribution in [0.15, 0.2) is 41.6 Å². The minimum Gasteiger partial charge on any atom is -0.337 e. The summed E-state index contributed by atoms with van der Waals surface area (Å²) in [4.78, 5) is 17.3. The number of aromatic nitrogens is 3. The number of H-pyrrole nitrogens is 1. The average molecular weight is 309 g/mol. The van der Waals surface area contributed by atoms with Crippen LogP contribution in [0.4, 0.5) is 0 Å². The van der Waals surface area contributed by atoms with Gasteiger partial charge in [0.1, 0.15) is 12.2 Å². The zero-order valence-corrected chi connectivity index (χ0v) is 12.2. The number of carbonyl (C=O) groups is 1. The molecule has 112 valence electrons. The zero-order chi connectivity index (χ0) is 15.3. The smallest absolute Gasteiger partial charge is 0.241 e. The summed E-state index contributed by atoms with van der Waals surface area (Å²) >= 11 is 0. The molecule has 0 bridgehead atoms. The Labute approximate surface area is 122 Å². The molecule has 0 aliphatic rings. The van der Waals surface area contributed by atoms with E-state index in [9.17, 15) is 13.2 Å². The van der Waals surface area contributed by atoms with Crippen LogP contribution in [0.25, 0.3) is 0 Å². The number of hydrogen-bond donors (Lipinski definition) is 2. The quantitative estimate of drug-likeness (QED) is 0.764. The number of aromatic amines is 1. The normalized spacial score (nSPS) is 11.3. The van der Waals surface area contributed by atoms with Gasteiger partial charge in [0.05, 0.1) is 18.0 Å². The van der Waals surface area contributed by atoms with E-state index in [1.54, 1.807) is 25.2 Å². The van der Waals surface area contributed by atoms with E-state index in [-0.39, 0.29) is 23.9 Å². The van der Waals surface area contributed by atoms with E-state index in [1.165, 1.54) is 23.4 Å². The summed E-state index contributed by atoms with van der Waals surface area (Å²) in [6.07, 6.45) is 1.34. The van der Waals surface area contributed by atoms with Gasteiger partial charge < -0.3 is 4.90 Å². The maximum Gasteiger partial charge on any atom is 0.241 e. The van der Waals surface area contributed by atoms with Crippen molar-refractivity contribution in [3.63, 3.8) is 0 Å². The zero-order valence-electron chi connectivity index (χ0n) is 11.4. The van der Waals surface area contributed by atoms with Gasteiger partial charge in [0, 0.05) is 7.05 Å². The first-order valence-electron chi connectivity index (χ1n) is 6.12. The second-order valence-electron chi connectivity index (χ2n) is 4.32. The molecule has 1 amide bonds. The van der Waals surface area contributed by atoms with Crippen molar-refractivity contribution in [2.45, 2.75) is 11.4 Å². The molecular weight excluding hydrogens is 294 g/mol. The number of nitrogens with zero attached hydrogens (tertiary/aromatic N) is 3. The van der Waals surface area contributed by atoms with E-state index in [0.29, 0.717) is 5.82 Å². The van der Waals surface area contributed by atoms with Crippen LogP contribution in [-0.4, -0.2) is 48.0 Å². The molecule has 0 aliphatic carbocycles.